The first-order valence-electron chi connectivity index (χ1n) is 6.88. The average Bonchev–Trinajstić information content (AvgIpc) is 2.92. The number of carbonyl (C=O) groups is 1. The first-order chi connectivity index (χ1) is 9.65. The zero-order valence-corrected chi connectivity index (χ0v) is 11.6. The third-order valence-corrected chi connectivity index (χ3v) is 3.99. The van der Waals surface area contributed by atoms with Gasteiger partial charge in [-0.25, -0.2) is 4.39 Å². The van der Waals surface area contributed by atoms with Gasteiger partial charge in [-0.1, -0.05) is 6.42 Å². The molecule has 2 atom stereocenters. The van der Waals surface area contributed by atoms with Crippen LogP contribution in [0.25, 0.3) is 0 Å². The van der Waals surface area contributed by atoms with Crippen molar-refractivity contribution in [2.75, 3.05) is 20.3 Å². The van der Waals surface area contributed by atoms with E-state index in [9.17, 15) is 14.3 Å². The van der Waals surface area contributed by atoms with E-state index in [1.807, 2.05) is 0 Å². The van der Waals surface area contributed by atoms with Crippen LogP contribution in [-0.4, -0.2) is 31.3 Å². The SMILES string of the molecule is COc1cc(C(=O)NCC2CCCC2CO)ccc1F. The van der Waals surface area contributed by atoms with Crippen LogP contribution in [0.15, 0.2) is 18.2 Å². The Kier molecular flexibility index (Phi) is 4.95. The topological polar surface area (TPSA) is 58.6 Å². The first-order valence-corrected chi connectivity index (χ1v) is 6.88. The highest BCUT2D eigenvalue weighted by Crippen LogP contribution is 2.30. The molecule has 0 aromatic heterocycles. The van der Waals surface area contributed by atoms with Crippen LogP contribution in [0.5, 0.6) is 5.75 Å². The largest absolute Gasteiger partial charge is 0.494 e. The molecule has 1 saturated carbocycles. The Morgan fingerprint density at radius 1 is 1.45 bits per heavy atom. The van der Waals surface area contributed by atoms with Crippen LogP contribution in [0.4, 0.5) is 4.39 Å². The fourth-order valence-electron chi connectivity index (χ4n) is 2.75. The Labute approximate surface area is 117 Å². The molecular weight excluding hydrogens is 261 g/mol. The Morgan fingerprint density at radius 3 is 2.90 bits per heavy atom. The summed E-state index contributed by atoms with van der Waals surface area (Å²) in [5.41, 5.74) is 0.377. The minimum Gasteiger partial charge on any atom is -0.494 e. The van der Waals surface area contributed by atoms with E-state index in [2.05, 4.69) is 5.32 Å². The maximum Gasteiger partial charge on any atom is 0.251 e. The molecule has 1 fully saturated rings. The van der Waals surface area contributed by atoms with Gasteiger partial charge in [0.2, 0.25) is 0 Å². The molecular formula is C15H20FNO3. The van der Waals surface area contributed by atoms with Gasteiger partial charge < -0.3 is 15.2 Å². The summed E-state index contributed by atoms with van der Waals surface area (Å²) >= 11 is 0. The predicted molar refractivity (Wildman–Crippen MR) is 73.2 cm³/mol. The highest BCUT2D eigenvalue weighted by molar-refractivity contribution is 5.94. The maximum atomic E-state index is 13.3. The number of hydrogen-bond acceptors (Lipinski definition) is 3. The van der Waals surface area contributed by atoms with E-state index >= 15 is 0 Å². The zero-order chi connectivity index (χ0) is 14.5. The summed E-state index contributed by atoms with van der Waals surface area (Å²) in [5.74, 6) is -0.0665. The number of ether oxygens (including phenoxy) is 1. The van der Waals surface area contributed by atoms with Crippen LogP contribution in [0, 0.1) is 17.7 Å². The number of rotatable bonds is 5. The lowest BCUT2D eigenvalue weighted by atomic mass is 9.97. The summed E-state index contributed by atoms with van der Waals surface area (Å²) in [7, 11) is 1.37. The molecule has 0 aliphatic heterocycles. The molecule has 0 spiro atoms. The number of carbonyl (C=O) groups excluding carboxylic acids is 1. The molecule has 1 aromatic carbocycles. The van der Waals surface area contributed by atoms with Crippen LogP contribution in [0.3, 0.4) is 0 Å². The van der Waals surface area contributed by atoms with E-state index in [1.165, 1.54) is 25.3 Å². The molecule has 110 valence electrons. The highest BCUT2D eigenvalue weighted by atomic mass is 19.1. The third-order valence-electron chi connectivity index (χ3n) is 3.99. The van der Waals surface area contributed by atoms with Gasteiger partial charge in [-0.2, -0.15) is 0 Å². The van der Waals surface area contributed by atoms with E-state index in [1.54, 1.807) is 0 Å². The molecule has 0 saturated heterocycles. The van der Waals surface area contributed by atoms with Crippen LogP contribution >= 0.6 is 0 Å². The van der Waals surface area contributed by atoms with Gasteiger partial charge in [-0.05, 0) is 42.9 Å². The Balaban J connectivity index is 1.95. The van der Waals surface area contributed by atoms with Gasteiger partial charge in [0.15, 0.2) is 11.6 Å². The van der Waals surface area contributed by atoms with E-state index < -0.39 is 5.82 Å². The van der Waals surface area contributed by atoms with Gasteiger partial charge in [0, 0.05) is 18.7 Å². The van der Waals surface area contributed by atoms with Gasteiger partial charge in [0.25, 0.3) is 5.91 Å². The molecule has 0 heterocycles. The van der Waals surface area contributed by atoms with Crippen molar-refractivity contribution in [2.45, 2.75) is 19.3 Å². The van der Waals surface area contributed by atoms with Crippen molar-refractivity contribution in [1.82, 2.24) is 5.32 Å². The molecule has 2 unspecified atom stereocenters. The van der Waals surface area contributed by atoms with Crippen molar-refractivity contribution in [2.24, 2.45) is 11.8 Å². The number of benzene rings is 1. The van der Waals surface area contributed by atoms with Gasteiger partial charge in [-0.15, -0.1) is 0 Å². The number of amides is 1. The summed E-state index contributed by atoms with van der Waals surface area (Å²) in [4.78, 5) is 12.0. The minimum absolute atomic E-state index is 0.0618. The molecule has 0 radical (unpaired) electrons. The average molecular weight is 281 g/mol. The van der Waals surface area contributed by atoms with Crippen molar-refractivity contribution in [1.29, 1.82) is 0 Å². The predicted octanol–water partition coefficient (Wildman–Crippen LogP) is 1.97. The van der Waals surface area contributed by atoms with Crippen molar-refractivity contribution >= 4 is 5.91 Å². The van der Waals surface area contributed by atoms with Crippen LogP contribution in [-0.2, 0) is 0 Å². The van der Waals surface area contributed by atoms with Gasteiger partial charge in [0.1, 0.15) is 0 Å². The van der Waals surface area contributed by atoms with E-state index in [0.29, 0.717) is 18.0 Å². The molecule has 1 aliphatic carbocycles. The maximum absolute atomic E-state index is 13.3. The molecule has 1 aromatic rings. The van der Waals surface area contributed by atoms with Gasteiger partial charge >= 0.3 is 0 Å². The number of nitrogens with one attached hydrogen (secondary N) is 1. The molecule has 5 heteroatoms. The van der Waals surface area contributed by atoms with E-state index in [-0.39, 0.29) is 24.2 Å². The fraction of sp³-hybridized carbons (Fsp3) is 0.533. The molecule has 1 amide bonds. The van der Waals surface area contributed by atoms with Gasteiger partial charge in [-0.3, -0.25) is 4.79 Å². The molecule has 1 aliphatic rings. The normalized spacial score (nSPS) is 21.8. The lowest BCUT2D eigenvalue weighted by molar-refractivity contribution is 0.0937. The second-order valence-corrected chi connectivity index (χ2v) is 5.19. The highest BCUT2D eigenvalue weighted by Gasteiger charge is 2.26. The monoisotopic (exact) mass is 281 g/mol. The van der Waals surface area contributed by atoms with Crippen molar-refractivity contribution in [3.8, 4) is 5.75 Å². The number of aliphatic hydroxyl groups is 1. The Morgan fingerprint density at radius 2 is 2.20 bits per heavy atom. The van der Waals surface area contributed by atoms with E-state index in [4.69, 9.17) is 4.74 Å². The molecule has 0 bridgehead atoms. The van der Waals surface area contributed by atoms with Crippen LogP contribution in [0.1, 0.15) is 29.6 Å². The third kappa shape index (κ3) is 3.28. The smallest absolute Gasteiger partial charge is 0.251 e. The molecule has 20 heavy (non-hydrogen) atoms. The quantitative estimate of drug-likeness (QED) is 0.867. The van der Waals surface area contributed by atoms with Crippen molar-refractivity contribution in [3.05, 3.63) is 29.6 Å². The molecule has 2 N–H and O–H groups in total. The second kappa shape index (κ2) is 6.70. The molecule has 4 nitrogen and oxygen atoms in total. The van der Waals surface area contributed by atoms with Crippen LogP contribution in [0.2, 0.25) is 0 Å². The zero-order valence-electron chi connectivity index (χ0n) is 11.6. The van der Waals surface area contributed by atoms with Crippen molar-refractivity contribution < 1.29 is 19.0 Å². The summed E-state index contributed by atoms with van der Waals surface area (Å²) in [6, 6.07) is 4.05. The summed E-state index contributed by atoms with van der Waals surface area (Å²) in [6.07, 6.45) is 3.13. The van der Waals surface area contributed by atoms with Gasteiger partial charge in [0.05, 0.1) is 7.11 Å². The number of hydrogen-bond donors (Lipinski definition) is 2. The number of halogens is 1. The summed E-state index contributed by atoms with van der Waals surface area (Å²) < 4.78 is 18.1. The number of aliphatic hydroxyl groups excluding tert-OH is 1. The first kappa shape index (κ1) is 14.8. The van der Waals surface area contributed by atoms with E-state index in [0.717, 1.165) is 19.3 Å². The lowest BCUT2D eigenvalue weighted by Gasteiger charge is -2.17. The summed E-state index contributed by atoms with van der Waals surface area (Å²) in [5, 5.41) is 12.1. The molecule has 2 rings (SSSR count). The van der Waals surface area contributed by atoms with Crippen molar-refractivity contribution in [3.63, 3.8) is 0 Å². The van der Waals surface area contributed by atoms with Crippen LogP contribution < -0.4 is 10.1 Å². The minimum atomic E-state index is -0.486. The lowest BCUT2D eigenvalue weighted by Crippen LogP contribution is -2.31. The fourth-order valence-corrected chi connectivity index (χ4v) is 2.75. The Hall–Kier alpha value is -1.62. The Bertz CT molecular complexity index is 478. The summed E-state index contributed by atoms with van der Waals surface area (Å²) in [6.45, 7) is 0.717. The standard InChI is InChI=1S/C15H20FNO3/c1-20-14-7-10(5-6-13(14)16)15(19)17-8-11-3-2-4-12(11)9-18/h5-7,11-12,18H,2-4,8-9H2,1H3,(H,17,19). The number of methoxy groups -OCH3 is 1. The second-order valence-electron chi connectivity index (χ2n) is 5.19.